The molecule has 8 heteroatoms. The number of hydrogen-bond acceptors (Lipinski definition) is 6. The van der Waals surface area contributed by atoms with Gasteiger partial charge in [-0.1, -0.05) is 6.07 Å². The first-order valence-corrected chi connectivity index (χ1v) is 9.58. The van der Waals surface area contributed by atoms with Crippen molar-refractivity contribution in [3.05, 3.63) is 48.0 Å². The Labute approximate surface area is 164 Å². The van der Waals surface area contributed by atoms with Gasteiger partial charge >= 0.3 is 0 Å². The van der Waals surface area contributed by atoms with E-state index in [9.17, 15) is 9.59 Å². The fourth-order valence-corrected chi connectivity index (χ4v) is 2.98. The van der Waals surface area contributed by atoms with Crippen LogP contribution >= 0.6 is 0 Å². The van der Waals surface area contributed by atoms with Crippen molar-refractivity contribution in [3.63, 3.8) is 0 Å². The zero-order valence-corrected chi connectivity index (χ0v) is 16.2. The summed E-state index contributed by atoms with van der Waals surface area (Å²) in [5, 5.41) is 5.61. The molecule has 28 heavy (non-hydrogen) atoms. The molecule has 2 aromatic heterocycles. The van der Waals surface area contributed by atoms with Crippen LogP contribution in [0.3, 0.4) is 0 Å². The maximum absolute atomic E-state index is 12.0. The lowest BCUT2D eigenvalue weighted by atomic mass is 10.2. The topological polar surface area (TPSA) is 90.7 Å². The average molecular weight is 385 g/mol. The summed E-state index contributed by atoms with van der Waals surface area (Å²) in [4.78, 5) is 32.8. The molecule has 0 aromatic carbocycles. The standard InChI is InChI=1S/C20H27N5O3/c1-24-9-11-25(12-10-24)18-7-6-16(14-22-18)15-23-19(26)5-2-8-21-20(27)17-4-3-13-28-17/h3-4,6-7,13-14H,2,5,8-12,15H2,1H3,(H,21,27)(H,23,26). The number of carbonyl (C=O) groups is 2. The third-order valence-corrected chi connectivity index (χ3v) is 4.74. The van der Waals surface area contributed by atoms with Gasteiger partial charge in [0.2, 0.25) is 5.91 Å². The van der Waals surface area contributed by atoms with Crippen LogP contribution < -0.4 is 15.5 Å². The van der Waals surface area contributed by atoms with Gasteiger partial charge in [-0.15, -0.1) is 0 Å². The highest BCUT2D eigenvalue weighted by molar-refractivity contribution is 5.91. The zero-order chi connectivity index (χ0) is 19.8. The molecule has 2 aromatic rings. The number of carbonyl (C=O) groups excluding carboxylic acids is 2. The number of anilines is 1. The summed E-state index contributed by atoms with van der Waals surface area (Å²) in [7, 11) is 2.13. The van der Waals surface area contributed by atoms with Gasteiger partial charge in [-0.25, -0.2) is 4.98 Å². The Hall–Kier alpha value is -2.87. The van der Waals surface area contributed by atoms with Crippen LogP contribution in [0.1, 0.15) is 29.0 Å². The van der Waals surface area contributed by atoms with E-state index < -0.39 is 0 Å². The maximum Gasteiger partial charge on any atom is 0.286 e. The van der Waals surface area contributed by atoms with Crippen LogP contribution in [0.2, 0.25) is 0 Å². The fourth-order valence-electron chi connectivity index (χ4n) is 2.98. The monoisotopic (exact) mass is 385 g/mol. The number of furan rings is 1. The molecular weight excluding hydrogens is 358 g/mol. The highest BCUT2D eigenvalue weighted by Crippen LogP contribution is 2.13. The van der Waals surface area contributed by atoms with Crippen molar-refractivity contribution in [3.8, 4) is 0 Å². The number of hydrogen-bond donors (Lipinski definition) is 2. The van der Waals surface area contributed by atoms with E-state index in [1.807, 2.05) is 18.3 Å². The second-order valence-corrected chi connectivity index (χ2v) is 6.93. The number of rotatable bonds is 8. The summed E-state index contributed by atoms with van der Waals surface area (Å²) < 4.78 is 5.01. The maximum atomic E-state index is 12.0. The molecule has 0 spiro atoms. The van der Waals surface area contributed by atoms with E-state index in [2.05, 4.69) is 32.5 Å². The molecule has 0 bridgehead atoms. The van der Waals surface area contributed by atoms with Gasteiger partial charge in [0.1, 0.15) is 5.82 Å². The van der Waals surface area contributed by atoms with Crippen molar-refractivity contribution >= 4 is 17.6 Å². The number of amides is 2. The van der Waals surface area contributed by atoms with E-state index in [0.717, 1.165) is 37.6 Å². The summed E-state index contributed by atoms with van der Waals surface area (Å²) >= 11 is 0. The van der Waals surface area contributed by atoms with Crippen LogP contribution in [0.25, 0.3) is 0 Å². The number of likely N-dealkylation sites (N-methyl/N-ethyl adjacent to an activating group) is 1. The Morgan fingerprint density at radius 2 is 1.96 bits per heavy atom. The van der Waals surface area contributed by atoms with Gasteiger partial charge in [0.05, 0.1) is 6.26 Å². The second-order valence-electron chi connectivity index (χ2n) is 6.93. The summed E-state index contributed by atoms with van der Waals surface area (Å²) in [6.07, 6.45) is 4.19. The minimum Gasteiger partial charge on any atom is -0.459 e. The number of nitrogens with one attached hydrogen (secondary N) is 2. The zero-order valence-electron chi connectivity index (χ0n) is 16.2. The molecule has 1 aliphatic heterocycles. The molecule has 0 atom stereocenters. The lowest BCUT2D eigenvalue weighted by Crippen LogP contribution is -2.44. The second kappa shape index (κ2) is 9.89. The lowest BCUT2D eigenvalue weighted by Gasteiger charge is -2.33. The molecule has 1 saturated heterocycles. The molecule has 0 radical (unpaired) electrons. The predicted molar refractivity (Wildman–Crippen MR) is 106 cm³/mol. The molecule has 0 aliphatic carbocycles. The smallest absolute Gasteiger partial charge is 0.286 e. The summed E-state index contributed by atoms with van der Waals surface area (Å²) in [6, 6.07) is 7.28. The van der Waals surface area contributed by atoms with Crippen molar-refractivity contribution in [2.75, 3.05) is 44.7 Å². The highest BCUT2D eigenvalue weighted by Gasteiger charge is 2.15. The van der Waals surface area contributed by atoms with E-state index in [1.165, 1.54) is 6.26 Å². The summed E-state index contributed by atoms with van der Waals surface area (Å²) in [5.41, 5.74) is 0.970. The van der Waals surface area contributed by atoms with Crippen molar-refractivity contribution in [1.29, 1.82) is 0 Å². The minimum absolute atomic E-state index is 0.0459. The van der Waals surface area contributed by atoms with Crippen LogP contribution in [0.5, 0.6) is 0 Å². The normalized spacial score (nSPS) is 14.7. The molecule has 8 nitrogen and oxygen atoms in total. The Kier molecular flexibility index (Phi) is 7.02. The lowest BCUT2D eigenvalue weighted by molar-refractivity contribution is -0.121. The van der Waals surface area contributed by atoms with E-state index in [4.69, 9.17) is 4.42 Å². The molecule has 1 fully saturated rings. The Balaban J connectivity index is 1.32. The molecule has 0 saturated carbocycles. The first kappa shape index (κ1) is 19.9. The van der Waals surface area contributed by atoms with Gasteiger partial charge in [0, 0.05) is 51.9 Å². The molecular formula is C20H27N5O3. The SMILES string of the molecule is CN1CCN(c2ccc(CNC(=O)CCCNC(=O)c3ccco3)cn2)CC1. The Morgan fingerprint density at radius 1 is 1.14 bits per heavy atom. The minimum atomic E-state index is -0.267. The van der Waals surface area contributed by atoms with Crippen LogP contribution in [0.4, 0.5) is 5.82 Å². The molecule has 2 N–H and O–H groups in total. The number of nitrogens with zero attached hydrogens (tertiary/aromatic N) is 3. The van der Waals surface area contributed by atoms with Gasteiger partial charge in [0.15, 0.2) is 5.76 Å². The van der Waals surface area contributed by atoms with E-state index in [0.29, 0.717) is 25.9 Å². The number of pyridine rings is 1. The first-order chi connectivity index (χ1) is 13.6. The Morgan fingerprint density at radius 3 is 2.64 bits per heavy atom. The van der Waals surface area contributed by atoms with Crippen LogP contribution in [-0.4, -0.2) is 61.5 Å². The fraction of sp³-hybridized carbons (Fsp3) is 0.450. The third kappa shape index (κ3) is 5.82. The quantitative estimate of drug-likeness (QED) is 0.665. The van der Waals surface area contributed by atoms with Gasteiger partial charge in [-0.3, -0.25) is 9.59 Å². The van der Waals surface area contributed by atoms with Crippen LogP contribution in [0, 0.1) is 0 Å². The molecule has 0 unspecified atom stereocenters. The van der Waals surface area contributed by atoms with E-state index in [-0.39, 0.29) is 17.6 Å². The highest BCUT2D eigenvalue weighted by atomic mass is 16.3. The summed E-state index contributed by atoms with van der Waals surface area (Å²) in [5.74, 6) is 0.944. The van der Waals surface area contributed by atoms with Gasteiger partial charge < -0.3 is 24.9 Å². The molecule has 3 rings (SSSR count). The average Bonchev–Trinajstić information content (AvgIpc) is 3.25. The predicted octanol–water partition coefficient (Wildman–Crippen LogP) is 1.25. The molecule has 150 valence electrons. The van der Waals surface area contributed by atoms with Gasteiger partial charge in [-0.2, -0.15) is 0 Å². The van der Waals surface area contributed by atoms with Gasteiger partial charge in [0.25, 0.3) is 5.91 Å². The van der Waals surface area contributed by atoms with Crippen molar-refractivity contribution in [2.45, 2.75) is 19.4 Å². The number of piperazine rings is 1. The van der Waals surface area contributed by atoms with E-state index >= 15 is 0 Å². The molecule has 1 aliphatic rings. The van der Waals surface area contributed by atoms with Crippen LogP contribution in [0.15, 0.2) is 41.1 Å². The van der Waals surface area contributed by atoms with Crippen LogP contribution in [-0.2, 0) is 11.3 Å². The first-order valence-electron chi connectivity index (χ1n) is 9.58. The van der Waals surface area contributed by atoms with Crippen molar-refractivity contribution in [2.24, 2.45) is 0 Å². The number of aromatic nitrogens is 1. The third-order valence-electron chi connectivity index (χ3n) is 4.74. The largest absolute Gasteiger partial charge is 0.459 e. The summed E-state index contributed by atoms with van der Waals surface area (Å²) in [6.45, 7) is 4.93. The Bertz CT molecular complexity index is 753. The van der Waals surface area contributed by atoms with Gasteiger partial charge in [-0.05, 0) is 37.2 Å². The molecule has 2 amide bonds. The van der Waals surface area contributed by atoms with Crippen molar-refractivity contribution in [1.82, 2.24) is 20.5 Å². The molecule has 3 heterocycles. The van der Waals surface area contributed by atoms with Crippen molar-refractivity contribution < 1.29 is 14.0 Å². The van der Waals surface area contributed by atoms with E-state index in [1.54, 1.807) is 12.1 Å².